The van der Waals surface area contributed by atoms with Crippen molar-refractivity contribution < 1.29 is 9.53 Å². The molecule has 4 aromatic carbocycles. The molecule has 0 aliphatic carbocycles. The molecule has 39 heavy (non-hydrogen) atoms. The number of imidazole rings is 1. The van der Waals surface area contributed by atoms with Crippen LogP contribution in [0.1, 0.15) is 29.9 Å². The highest BCUT2D eigenvalue weighted by molar-refractivity contribution is 6.36. The molecule has 0 saturated carbocycles. The molecule has 5 aromatic rings. The van der Waals surface area contributed by atoms with E-state index in [1.165, 1.54) is 0 Å². The lowest BCUT2D eigenvalue weighted by atomic mass is 10.00. The third kappa shape index (κ3) is 6.17. The van der Waals surface area contributed by atoms with E-state index in [1.807, 2.05) is 84.4 Å². The van der Waals surface area contributed by atoms with Gasteiger partial charge in [0.25, 0.3) is 0 Å². The Morgan fingerprint density at radius 2 is 1.77 bits per heavy atom. The molecule has 0 spiro atoms. The minimum atomic E-state index is -0.171. The van der Waals surface area contributed by atoms with Gasteiger partial charge in [-0.1, -0.05) is 83.9 Å². The molecule has 0 bridgehead atoms. The summed E-state index contributed by atoms with van der Waals surface area (Å²) in [7, 11) is 1.64. The summed E-state index contributed by atoms with van der Waals surface area (Å²) < 4.78 is 7.07. The zero-order chi connectivity index (χ0) is 27.4. The minimum absolute atomic E-state index is 0.0929. The summed E-state index contributed by atoms with van der Waals surface area (Å²) in [5.41, 5.74) is 3.44. The molecular weight excluding hydrogens is 529 g/mol. The highest BCUT2D eigenvalue weighted by atomic mass is 35.5. The second kappa shape index (κ2) is 11.8. The van der Waals surface area contributed by atoms with E-state index in [0.29, 0.717) is 21.6 Å². The first kappa shape index (κ1) is 26.5. The molecule has 0 aliphatic rings. The monoisotopic (exact) mass is 555 g/mol. The molecule has 5 nitrogen and oxygen atoms in total. The highest BCUT2D eigenvalue weighted by Gasteiger charge is 2.16. The Bertz CT molecular complexity index is 1650. The second-order valence-corrected chi connectivity index (χ2v) is 10.0. The van der Waals surface area contributed by atoms with E-state index in [2.05, 4.69) is 23.5 Å². The number of carbonyl (C=O) groups excluding carboxylic acids is 1. The number of nitrogens with one attached hydrogen (secondary N) is 1. The molecule has 1 heterocycles. The van der Waals surface area contributed by atoms with Gasteiger partial charge in [0.2, 0.25) is 5.91 Å². The van der Waals surface area contributed by atoms with Gasteiger partial charge in [-0.25, -0.2) is 4.98 Å². The molecule has 1 amide bonds. The minimum Gasteiger partial charge on any atom is -0.497 e. The molecule has 1 N–H and O–H groups in total. The largest absolute Gasteiger partial charge is 0.497 e. The summed E-state index contributed by atoms with van der Waals surface area (Å²) in [6.45, 7) is 2.09. The van der Waals surface area contributed by atoms with Gasteiger partial charge in [0.1, 0.15) is 18.1 Å². The van der Waals surface area contributed by atoms with Crippen molar-refractivity contribution in [3.8, 4) is 17.0 Å². The normalized spacial score (nSPS) is 12.1. The Kier molecular flexibility index (Phi) is 8.01. The van der Waals surface area contributed by atoms with Crippen molar-refractivity contribution in [3.63, 3.8) is 0 Å². The fourth-order valence-electron chi connectivity index (χ4n) is 4.55. The van der Waals surface area contributed by atoms with Crippen LogP contribution in [0.3, 0.4) is 0 Å². The van der Waals surface area contributed by atoms with Crippen molar-refractivity contribution in [2.45, 2.75) is 19.5 Å². The number of amides is 1. The zero-order valence-corrected chi connectivity index (χ0v) is 23.1. The average molecular weight is 556 g/mol. The second-order valence-electron chi connectivity index (χ2n) is 9.20. The van der Waals surface area contributed by atoms with Crippen LogP contribution in [-0.4, -0.2) is 22.6 Å². The molecule has 0 aliphatic heterocycles. The van der Waals surface area contributed by atoms with E-state index in [-0.39, 0.29) is 18.5 Å². The quantitative estimate of drug-likeness (QED) is 0.210. The predicted molar refractivity (Wildman–Crippen MR) is 160 cm³/mol. The van der Waals surface area contributed by atoms with Crippen molar-refractivity contribution >= 4 is 52.0 Å². The number of aromatic nitrogens is 2. The fourth-order valence-corrected chi connectivity index (χ4v) is 5.06. The van der Waals surface area contributed by atoms with Crippen LogP contribution in [0.15, 0.2) is 91.1 Å². The summed E-state index contributed by atoms with van der Waals surface area (Å²) >= 11 is 12.6. The third-order valence-electron chi connectivity index (χ3n) is 6.54. The number of carbonyl (C=O) groups is 1. The van der Waals surface area contributed by atoms with E-state index in [4.69, 9.17) is 32.9 Å². The topological polar surface area (TPSA) is 56.2 Å². The molecule has 0 fully saturated rings. The molecule has 5 rings (SSSR count). The van der Waals surface area contributed by atoms with Gasteiger partial charge in [-0.15, -0.1) is 0 Å². The summed E-state index contributed by atoms with van der Waals surface area (Å²) in [6, 6.07) is 27.1. The lowest BCUT2D eigenvalue weighted by Crippen LogP contribution is -2.30. The van der Waals surface area contributed by atoms with Gasteiger partial charge in [0.15, 0.2) is 0 Å². The number of fused-ring (bicyclic) bond motifs is 1. The van der Waals surface area contributed by atoms with E-state index in [9.17, 15) is 4.79 Å². The summed E-state index contributed by atoms with van der Waals surface area (Å²) in [5.74, 6) is 1.28. The first-order valence-electron chi connectivity index (χ1n) is 12.5. The number of nitrogens with zero attached hydrogens (tertiary/aromatic N) is 2. The molecule has 0 saturated heterocycles. The van der Waals surface area contributed by atoms with Crippen molar-refractivity contribution in [3.05, 3.63) is 118 Å². The predicted octanol–water partition coefficient (Wildman–Crippen LogP) is 8.07. The van der Waals surface area contributed by atoms with E-state index in [0.717, 1.165) is 33.2 Å². The lowest BCUT2D eigenvalue weighted by Gasteiger charge is -2.17. The Morgan fingerprint density at radius 1 is 1.00 bits per heavy atom. The number of methoxy groups -OCH3 is 1. The van der Waals surface area contributed by atoms with Crippen LogP contribution < -0.4 is 10.1 Å². The van der Waals surface area contributed by atoms with Gasteiger partial charge < -0.3 is 14.6 Å². The van der Waals surface area contributed by atoms with Gasteiger partial charge in [-0.2, -0.15) is 0 Å². The Hall–Kier alpha value is -4.06. The first-order valence-corrected chi connectivity index (χ1v) is 13.3. The maximum Gasteiger partial charge on any atom is 0.240 e. The first-order chi connectivity index (χ1) is 18.9. The van der Waals surface area contributed by atoms with Crippen LogP contribution in [-0.2, 0) is 11.3 Å². The Balaban J connectivity index is 1.42. The van der Waals surface area contributed by atoms with Gasteiger partial charge >= 0.3 is 0 Å². The van der Waals surface area contributed by atoms with Crippen LogP contribution in [0.2, 0.25) is 10.0 Å². The highest BCUT2D eigenvalue weighted by Crippen LogP contribution is 2.30. The van der Waals surface area contributed by atoms with Crippen molar-refractivity contribution in [1.29, 1.82) is 0 Å². The van der Waals surface area contributed by atoms with Gasteiger partial charge in [-0.3, -0.25) is 4.79 Å². The van der Waals surface area contributed by atoms with Crippen molar-refractivity contribution in [1.82, 2.24) is 14.9 Å². The Morgan fingerprint density at radius 3 is 2.54 bits per heavy atom. The molecule has 0 radical (unpaired) electrons. The SMILES string of the molecule is COc1ccc(C=Cc2nc(-c3ccc(Cl)cc3Cl)cn2CC(=O)N[C@H](C)c2cccc3ccccc23)cc1. The number of halogens is 2. The number of hydrogen-bond donors (Lipinski definition) is 1. The van der Waals surface area contributed by atoms with Gasteiger partial charge in [-0.05, 0) is 65.2 Å². The third-order valence-corrected chi connectivity index (χ3v) is 7.08. The fraction of sp³-hybridized carbons (Fsp3) is 0.125. The maximum absolute atomic E-state index is 13.2. The number of rotatable bonds is 8. The number of benzene rings is 4. The van der Waals surface area contributed by atoms with Crippen LogP contribution in [0.25, 0.3) is 34.2 Å². The van der Waals surface area contributed by atoms with E-state index < -0.39 is 0 Å². The van der Waals surface area contributed by atoms with Gasteiger partial charge in [0, 0.05) is 16.8 Å². The summed E-state index contributed by atoms with van der Waals surface area (Å²) in [6.07, 6.45) is 5.67. The Labute approximate surface area is 237 Å². The van der Waals surface area contributed by atoms with Crippen LogP contribution in [0, 0.1) is 0 Å². The van der Waals surface area contributed by atoms with Crippen LogP contribution >= 0.6 is 23.2 Å². The van der Waals surface area contributed by atoms with E-state index in [1.54, 1.807) is 19.2 Å². The maximum atomic E-state index is 13.2. The molecular formula is C32H27Cl2N3O2. The van der Waals surface area contributed by atoms with Crippen molar-refractivity contribution in [2.75, 3.05) is 7.11 Å². The average Bonchev–Trinajstić information content (AvgIpc) is 3.33. The molecule has 1 atom stereocenters. The molecule has 1 aromatic heterocycles. The van der Waals surface area contributed by atoms with Crippen LogP contribution in [0.5, 0.6) is 5.75 Å². The van der Waals surface area contributed by atoms with Crippen LogP contribution in [0.4, 0.5) is 0 Å². The molecule has 7 heteroatoms. The molecule has 196 valence electrons. The summed E-state index contributed by atoms with van der Waals surface area (Å²) in [4.78, 5) is 18.0. The smallest absolute Gasteiger partial charge is 0.240 e. The molecule has 0 unspecified atom stereocenters. The van der Waals surface area contributed by atoms with Gasteiger partial charge in [0.05, 0.1) is 23.9 Å². The lowest BCUT2D eigenvalue weighted by molar-refractivity contribution is -0.122. The number of ether oxygens (including phenoxy) is 1. The zero-order valence-electron chi connectivity index (χ0n) is 21.6. The number of hydrogen-bond acceptors (Lipinski definition) is 3. The standard InChI is InChI=1S/C32H27Cl2N3O2/c1-21(26-9-5-7-23-6-3-4-8-27(23)26)35-32(38)20-37-19-30(28-16-13-24(33)18-29(28)34)36-31(37)17-12-22-10-14-25(39-2)15-11-22/h3-19,21H,20H2,1-2H3,(H,35,38)/t21-/m1/s1. The van der Waals surface area contributed by atoms with E-state index >= 15 is 0 Å². The van der Waals surface area contributed by atoms with Crippen molar-refractivity contribution in [2.24, 2.45) is 0 Å². The summed E-state index contributed by atoms with van der Waals surface area (Å²) in [5, 5.41) is 6.45.